The Kier molecular flexibility index (Phi) is 3.13. The van der Waals surface area contributed by atoms with Crippen LogP contribution < -0.4 is 0 Å². The van der Waals surface area contributed by atoms with Crippen molar-refractivity contribution in [1.29, 1.82) is 0 Å². The van der Waals surface area contributed by atoms with Gasteiger partial charge in [0.1, 0.15) is 5.78 Å². The Morgan fingerprint density at radius 2 is 1.44 bits per heavy atom. The average molecular weight is 218 g/mol. The SMILES string of the molecule is O=C1C=CC(=O)C=C1.O=C1CC2CCC1C2. The lowest BCUT2D eigenvalue weighted by molar-refractivity contribution is -0.121. The van der Waals surface area contributed by atoms with Crippen molar-refractivity contribution in [3.63, 3.8) is 0 Å². The first kappa shape index (κ1) is 11.0. The Morgan fingerprint density at radius 1 is 0.875 bits per heavy atom. The second kappa shape index (κ2) is 4.56. The van der Waals surface area contributed by atoms with E-state index in [9.17, 15) is 14.4 Å². The second-order valence-electron chi connectivity index (χ2n) is 4.52. The molecule has 2 bridgehead atoms. The lowest BCUT2D eigenvalue weighted by atomic mass is 10.00. The number of allylic oxidation sites excluding steroid dienone is 4. The molecule has 2 saturated carbocycles. The molecule has 0 radical (unpaired) electrons. The Hall–Kier alpha value is -1.51. The van der Waals surface area contributed by atoms with Gasteiger partial charge in [-0.1, -0.05) is 0 Å². The molecular weight excluding hydrogens is 204 g/mol. The summed E-state index contributed by atoms with van der Waals surface area (Å²) in [6, 6.07) is 0. The molecule has 3 aliphatic rings. The quantitative estimate of drug-likeness (QED) is 0.580. The zero-order chi connectivity index (χ0) is 11.5. The molecule has 16 heavy (non-hydrogen) atoms. The third-order valence-corrected chi connectivity index (χ3v) is 3.31. The monoisotopic (exact) mass is 218 g/mol. The molecule has 0 spiro atoms. The Labute approximate surface area is 94.2 Å². The van der Waals surface area contributed by atoms with Crippen LogP contribution in [0, 0.1) is 11.8 Å². The van der Waals surface area contributed by atoms with Crippen LogP contribution in [0.2, 0.25) is 0 Å². The van der Waals surface area contributed by atoms with E-state index >= 15 is 0 Å². The van der Waals surface area contributed by atoms with Crippen LogP contribution in [0.25, 0.3) is 0 Å². The van der Waals surface area contributed by atoms with Crippen LogP contribution in [0.15, 0.2) is 24.3 Å². The maximum atomic E-state index is 10.8. The smallest absolute Gasteiger partial charge is 0.178 e. The van der Waals surface area contributed by atoms with Gasteiger partial charge in [-0.3, -0.25) is 14.4 Å². The van der Waals surface area contributed by atoms with Gasteiger partial charge in [-0.05, 0) is 49.5 Å². The van der Waals surface area contributed by atoms with Crippen LogP contribution in [-0.2, 0) is 14.4 Å². The molecule has 2 unspecified atom stereocenters. The van der Waals surface area contributed by atoms with Crippen molar-refractivity contribution in [2.24, 2.45) is 11.8 Å². The molecule has 0 N–H and O–H groups in total. The van der Waals surface area contributed by atoms with Gasteiger partial charge in [-0.2, -0.15) is 0 Å². The third-order valence-electron chi connectivity index (χ3n) is 3.31. The van der Waals surface area contributed by atoms with Crippen molar-refractivity contribution in [3.8, 4) is 0 Å². The molecule has 0 aromatic carbocycles. The van der Waals surface area contributed by atoms with Gasteiger partial charge in [0.2, 0.25) is 0 Å². The number of hydrogen-bond acceptors (Lipinski definition) is 3. The van der Waals surface area contributed by atoms with Gasteiger partial charge in [0.15, 0.2) is 11.6 Å². The summed E-state index contributed by atoms with van der Waals surface area (Å²) in [7, 11) is 0. The van der Waals surface area contributed by atoms with Crippen LogP contribution in [0.5, 0.6) is 0 Å². The van der Waals surface area contributed by atoms with Gasteiger partial charge < -0.3 is 0 Å². The molecule has 2 atom stereocenters. The van der Waals surface area contributed by atoms with E-state index in [2.05, 4.69) is 0 Å². The molecule has 3 heteroatoms. The van der Waals surface area contributed by atoms with Crippen molar-refractivity contribution in [2.75, 3.05) is 0 Å². The van der Waals surface area contributed by atoms with E-state index in [4.69, 9.17) is 0 Å². The van der Waals surface area contributed by atoms with Crippen molar-refractivity contribution in [3.05, 3.63) is 24.3 Å². The Balaban J connectivity index is 0.000000120. The molecule has 2 fully saturated rings. The Morgan fingerprint density at radius 3 is 1.69 bits per heavy atom. The van der Waals surface area contributed by atoms with Gasteiger partial charge in [0, 0.05) is 12.3 Å². The lowest BCUT2D eigenvalue weighted by Gasteiger charge is -2.04. The van der Waals surface area contributed by atoms with Crippen molar-refractivity contribution in [1.82, 2.24) is 0 Å². The summed E-state index contributed by atoms with van der Waals surface area (Å²) in [6.45, 7) is 0. The molecule has 0 aliphatic heterocycles. The zero-order valence-electron chi connectivity index (χ0n) is 9.02. The van der Waals surface area contributed by atoms with E-state index in [1.807, 2.05) is 0 Å². The standard InChI is InChI=1S/C7H10O.C6H4O2/c8-7-4-5-1-2-6(7)3-5;7-5-1-2-6(8)4-3-5/h5-6H,1-4H2;1-4H. The first-order chi connectivity index (χ1) is 7.65. The van der Waals surface area contributed by atoms with Crippen LogP contribution >= 0.6 is 0 Å². The van der Waals surface area contributed by atoms with E-state index < -0.39 is 0 Å². The molecule has 3 aliphatic carbocycles. The van der Waals surface area contributed by atoms with E-state index in [0.29, 0.717) is 11.7 Å². The predicted octanol–water partition coefficient (Wildman–Crippen LogP) is 1.63. The number of fused-ring (bicyclic) bond motifs is 2. The number of ketones is 3. The van der Waals surface area contributed by atoms with Gasteiger partial charge in [0.25, 0.3) is 0 Å². The van der Waals surface area contributed by atoms with Crippen LogP contribution in [0.4, 0.5) is 0 Å². The van der Waals surface area contributed by atoms with Gasteiger partial charge in [-0.15, -0.1) is 0 Å². The van der Waals surface area contributed by atoms with E-state index in [0.717, 1.165) is 12.3 Å². The van der Waals surface area contributed by atoms with Gasteiger partial charge in [0.05, 0.1) is 0 Å². The van der Waals surface area contributed by atoms with Gasteiger partial charge in [-0.25, -0.2) is 0 Å². The summed E-state index contributed by atoms with van der Waals surface area (Å²) in [6.07, 6.45) is 9.67. The molecule has 0 saturated heterocycles. The van der Waals surface area contributed by atoms with E-state index in [1.165, 1.54) is 43.6 Å². The third kappa shape index (κ3) is 2.54. The summed E-state index contributed by atoms with van der Waals surface area (Å²) in [5.41, 5.74) is 0. The maximum absolute atomic E-state index is 10.8. The zero-order valence-corrected chi connectivity index (χ0v) is 9.02. The minimum Gasteiger partial charge on any atom is -0.299 e. The number of hydrogen-bond donors (Lipinski definition) is 0. The largest absolute Gasteiger partial charge is 0.299 e. The second-order valence-corrected chi connectivity index (χ2v) is 4.52. The highest BCUT2D eigenvalue weighted by molar-refractivity contribution is 6.14. The first-order valence-electron chi connectivity index (χ1n) is 5.62. The van der Waals surface area contributed by atoms with Crippen molar-refractivity contribution < 1.29 is 14.4 Å². The summed E-state index contributed by atoms with van der Waals surface area (Å²) in [5.74, 6) is 1.60. The number of rotatable bonds is 0. The van der Waals surface area contributed by atoms with E-state index in [-0.39, 0.29) is 11.6 Å². The van der Waals surface area contributed by atoms with Crippen LogP contribution in [0.1, 0.15) is 25.7 Å². The lowest BCUT2D eigenvalue weighted by Crippen LogP contribution is -2.07. The number of Topliss-reactive ketones (excluding diaryl/α,β-unsaturated/α-hetero) is 1. The summed E-state index contributed by atoms with van der Waals surface area (Å²) in [4.78, 5) is 31.4. The van der Waals surface area contributed by atoms with Crippen LogP contribution in [-0.4, -0.2) is 17.3 Å². The first-order valence-corrected chi connectivity index (χ1v) is 5.62. The fourth-order valence-corrected chi connectivity index (χ4v) is 2.44. The summed E-state index contributed by atoms with van der Waals surface area (Å²) >= 11 is 0. The highest BCUT2D eigenvalue weighted by Crippen LogP contribution is 2.41. The minimum atomic E-state index is -0.121. The molecule has 0 amide bonds. The number of carbonyl (C=O) groups excluding carboxylic acids is 3. The van der Waals surface area contributed by atoms with Crippen molar-refractivity contribution >= 4 is 17.3 Å². The number of carbonyl (C=O) groups is 3. The molecule has 0 aromatic rings. The fourth-order valence-electron chi connectivity index (χ4n) is 2.44. The maximum Gasteiger partial charge on any atom is 0.178 e. The summed E-state index contributed by atoms with van der Waals surface area (Å²) in [5, 5.41) is 0. The predicted molar refractivity (Wildman–Crippen MR) is 58.7 cm³/mol. The highest BCUT2D eigenvalue weighted by atomic mass is 16.1. The molecule has 0 heterocycles. The molecule has 3 rings (SSSR count). The topological polar surface area (TPSA) is 51.2 Å². The normalized spacial score (nSPS) is 30.6. The summed E-state index contributed by atoms with van der Waals surface area (Å²) < 4.78 is 0. The molecule has 84 valence electrons. The molecule has 0 aromatic heterocycles. The fraction of sp³-hybridized carbons (Fsp3) is 0.462. The average Bonchev–Trinajstić information content (AvgIpc) is 2.84. The van der Waals surface area contributed by atoms with Crippen LogP contribution in [0.3, 0.4) is 0 Å². The molecule has 3 nitrogen and oxygen atoms in total. The molecular formula is C13H14O3. The van der Waals surface area contributed by atoms with E-state index in [1.54, 1.807) is 0 Å². The minimum absolute atomic E-state index is 0.121. The van der Waals surface area contributed by atoms with Gasteiger partial charge >= 0.3 is 0 Å². The Bertz CT molecular complexity index is 352. The highest BCUT2D eigenvalue weighted by Gasteiger charge is 2.37. The van der Waals surface area contributed by atoms with Crippen molar-refractivity contribution in [2.45, 2.75) is 25.7 Å².